The lowest BCUT2D eigenvalue weighted by Crippen LogP contribution is -2.28. The molecule has 1 aromatic heterocycles. The highest BCUT2D eigenvalue weighted by Gasteiger charge is 2.25. The molecule has 2 N–H and O–H groups in total. The quantitative estimate of drug-likeness (QED) is 0.392. The maximum Gasteiger partial charge on any atom is 0.341 e. The van der Waals surface area contributed by atoms with Gasteiger partial charge in [0.05, 0.1) is 12.2 Å². The van der Waals surface area contributed by atoms with E-state index in [9.17, 15) is 4.79 Å². The molecular weight excluding hydrogens is 447 g/mol. The standard InChI is InChI=1S/C21H24Cl2N2O2S2/c1-2-27-20(26)18-15-7-5-3-4-6-8-17(15)29-19(18)25-21(28)24-12-13-9-10-14(22)11-16(13)23/h9-11H,2-8,12H2,1H3,(H2,24,25,28). The third kappa shape index (κ3) is 5.85. The number of fused-ring (bicyclic) bond motifs is 1. The molecule has 156 valence electrons. The zero-order chi connectivity index (χ0) is 20.8. The average Bonchev–Trinajstić information content (AvgIpc) is 2.97. The van der Waals surface area contributed by atoms with Gasteiger partial charge in [-0.05, 0) is 68.1 Å². The summed E-state index contributed by atoms with van der Waals surface area (Å²) in [6, 6.07) is 5.36. The number of hydrogen-bond acceptors (Lipinski definition) is 4. The van der Waals surface area contributed by atoms with E-state index < -0.39 is 0 Å². The molecule has 0 spiro atoms. The zero-order valence-corrected chi connectivity index (χ0v) is 19.4. The molecule has 1 aliphatic rings. The van der Waals surface area contributed by atoms with Crippen LogP contribution in [0.2, 0.25) is 10.0 Å². The molecule has 0 aliphatic heterocycles. The molecule has 29 heavy (non-hydrogen) atoms. The Morgan fingerprint density at radius 1 is 1.21 bits per heavy atom. The molecule has 3 rings (SSSR count). The molecule has 4 nitrogen and oxygen atoms in total. The fourth-order valence-electron chi connectivity index (χ4n) is 3.41. The third-order valence-electron chi connectivity index (χ3n) is 4.83. The molecule has 0 radical (unpaired) electrons. The van der Waals surface area contributed by atoms with Gasteiger partial charge < -0.3 is 15.4 Å². The number of carbonyl (C=O) groups is 1. The number of aryl methyl sites for hydroxylation is 1. The minimum absolute atomic E-state index is 0.281. The highest BCUT2D eigenvalue weighted by atomic mass is 35.5. The van der Waals surface area contributed by atoms with Crippen molar-refractivity contribution in [2.75, 3.05) is 11.9 Å². The molecule has 0 fully saturated rings. The molecule has 0 saturated carbocycles. The summed E-state index contributed by atoms with van der Waals surface area (Å²) in [5, 5.41) is 8.75. The topological polar surface area (TPSA) is 50.4 Å². The monoisotopic (exact) mass is 470 g/mol. The highest BCUT2D eigenvalue weighted by Crippen LogP contribution is 2.37. The van der Waals surface area contributed by atoms with Crippen molar-refractivity contribution in [1.29, 1.82) is 0 Å². The number of rotatable bonds is 5. The van der Waals surface area contributed by atoms with Gasteiger partial charge in [0.2, 0.25) is 0 Å². The molecular formula is C21H24Cl2N2O2S2. The van der Waals surface area contributed by atoms with Crippen molar-refractivity contribution < 1.29 is 9.53 Å². The van der Waals surface area contributed by atoms with Crippen molar-refractivity contribution in [2.45, 2.75) is 52.0 Å². The summed E-state index contributed by atoms with van der Waals surface area (Å²) in [6.07, 6.45) is 6.57. The number of benzene rings is 1. The molecule has 1 aromatic carbocycles. The molecule has 0 bridgehead atoms. The van der Waals surface area contributed by atoms with Crippen LogP contribution in [0.5, 0.6) is 0 Å². The van der Waals surface area contributed by atoms with Gasteiger partial charge in [0.1, 0.15) is 5.00 Å². The SMILES string of the molecule is CCOC(=O)c1c(NC(=S)NCc2ccc(Cl)cc2Cl)sc2c1CCCCCC2. The minimum Gasteiger partial charge on any atom is -0.462 e. The Morgan fingerprint density at radius 2 is 1.97 bits per heavy atom. The van der Waals surface area contributed by atoms with Crippen LogP contribution in [-0.2, 0) is 24.1 Å². The number of esters is 1. The van der Waals surface area contributed by atoms with Gasteiger partial charge in [0.25, 0.3) is 0 Å². The molecule has 0 saturated heterocycles. The van der Waals surface area contributed by atoms with Crippen LogP contribution in [0.1, 0.15) is 59.0 Å². The zero-order valence-electron chi connectivity index (χ0n) is 16.3. The van der Waals surface area contributed by atoms with Crippen LogP contribution in [0, 0.1) is 0 Å². The number of carbonyl (C=O) groups excluding carboxylic acids is 1. The van der Waals surface area contributed by atoms with Crippen LogP contribution < -0.4 is 10.6 Å². The van der Waals surface area contributed by atoms with Gasteiger partial charge in [0.15, 0.2) is 5.11 Å². The summed E-state index contributed by atoms with van der Waals surface area (Å²) >= 11 is 19.3. The summed E-state index contributed by atoms with van der Waals surface area (Å²) in [4.78, 5) is 13.9. The molecule has 0 atom stereocenters. The van der Waals surface area contributed by atoms with Crippen molar-refractivity contribution in [3.8, 4) is 0 Å². The number of anilines is 1. The fraction of sp³-hybridized carbons (Fsp3) is 0.429. The lowest BCUT2D eigenvalue weighted by molar-refractivity contribution is 0.0526. The van der Waals surface area contributed by atoms with Gasteiger partial charge >= 0.3 is 5.97 Å². The van der Waals surface area contributed by atoms with Gasteiger partial charge in [-0.1, -0.05) is 42.1 Å². The molecule has 8 heteroatoms. The van der Waals surface area contributed by atoms with E-state index in [4.69, 9.17) is 40.2 Å². The van der Waals surface area contributed by atoms with E-state index in [2.05, 4.69) is 10.6 Å². The van der Waals surface area contributed by atoms with Crippen molar-refractivity contribution in [1.82, 2.24) is 5.32 Å². The van der Waals surface area contributed by atoms with Crippen molar-refractivity contribution in [3.63, 3.8) is 0 Å². The lowest BCUT2D eigenvalue weighted by atomic mass is 9.96. The van der Waals surface area contributed by atoms with E-state index in [1.165, 1.54) is 17.7 Å². The van der Waals surface area contributed by atoms with Crippen LogP contribution >= 0.6 is 46.8 Å². The average molecular weight is 471 g/mol. The third-order valence-corrected chi connectivity index (χ3v) is 6.87. The van der Waals surface area contributed by atoms with E-state index in [1.54, 1.807) is 23.5 Å². The van der Waals surface area contributed by atoms with E-state index in [0.717, 1.165) is 41.8 Å². The number of ether oxygens (including phenoxy) is 1. The number of thiocarbonyl (C=S) groups is 1. The lowest BCUT2D eigenvalue weighted by Gasteiger charge is -2.13. The maximum atomic E-state index is 12.7. The molecule has 1 heterocycles. The van der Waals surface area contributed by atoms with Gasteiger partial charge in [-0.25, -0.2) is 4.79 Å². The maximum absolute atomic E-state index is 12.7. The predicted octanol–water partition coefficient (Wildman–Crippen LogP) is 6.38. The van der Waals surface area contributed by atoms with E-state index in [-0.39, 0.29) is 5.97 Å². The van der Waals surface area contributed by atoms with E-state index in [1.807, 2.05) is 13.0 Å². The highest BCUT2D eigenvalue weighted by molar-refractivity contribution is 7.80. The van der Waals surface area contributed by atoms with Crippen molar-refractivity contribution >= 4 is 62.8 Å². The van der Waals surface area contributed by atoms with Crippen LogP contribution in [0.15, 0.2) is 18.2 Å². The first-order chi connectivity index (χ1) is 14.0. The molecule has 1 aliphatic carbocycles. The van der Waals surface area contributed by atoms with Gasteiger partial charge in [0, 0.05) is 21.5 Å². The van der Waals surface area contributed by atoms with Crippen LogP contribution in [0.3, 0.4) is 0 Å². The van der Waals surface area contributed by atoms with Gasteiger partial charge in [-0.15, -0.1) is 11.3 Å². The number of nitrogens with one attached hydrogen (secondary N) is 2. The number of hydrogen-bond donors (Lipinski definition) is 2. The number of thiophene rings is 1. The van der Waals surface area contributed by atoms with Gasteiger partial charge in [-0.2, -0.15) is 0 Å². The smallest absolute Gasteiger partial charge is 0.341 e. The van der Waals surface area contributed by atoms with Crippen LogP contribution in [-0.4, -0.2) is 17.7 Å². The first-order valence-electron chi connectivity index (χ1n) is 9.80. The largest absolute Gasteiger partial charge is 0.462 e. The van der Waals surface area contributed by atoms with Crippen molar-refractivity contribution in [2.24, 2.45) is 0 Å². The predicted molar refractivity (Wildman–Crippen MR) is 126 cm³/mol. The Labute approximate surface area is 190 Å². The summed E-state index contributed by atoms with van der Waals surface area (Å²) in [7, 11) is 0. The van der Waals surface area contributed by atoms with E-state index in [0.29, 0.717) is 33.9 Å². The summed E-state index contributed by atoms with van der Waals surface area (Å²) in [6.45, 7) is 2.63. The number of halogens is 2. The van der Waals surface area contributed by atoms with Gasteiger partial charge in [-0.3, -0.25) is 0 Å². The Morgan fingerprint density at radius 3 is 2.69 bits per heavy atom. The Balaban J connectivity index is 1.77. The van der Waals surface area contributed by atoms with E-state index >= 15 is 0 Å². The second-order valence-electron chi connectivity index (χ2n) is 6.89. The normalized spacial score (nSPS) is 13.8. The second kappa shape index (κ2) is 10.6. The van der Waals surface area contributed by atoms with Crippen LogP contribution in [0.4, 0.5) is 5.00 Å². The first kappa shape index (κ1) is 22.3. The molecule has 0 amide bonds. The second-order valence-corrected chi connectivity index (χ2v) is 9.24. The summed E-state index contributed by atoms with van der Waals surface area (Å²) < 4.78 is 5.34. The Hall–Kier alpha value is -1.34. The summed E-state index contributed by atoms with van der Waals surface area (Å²) in [5.74, 6) is -0.281. The van der Waals surface area contributed by atoms with Crippen LogP contribution in [0.25, 0.3) is 0 Å². The van der Waals surface area contributed by atoms with Crippen molar-refractivity contribution in [3.05, 3.63) is 49.8 Å². The molecule has 0 unspecified atom stereocenters. The fourth-order valence-corrected chi connectivity index (χ4v) is 5.41. The minimum atomic E-state index is -0.281. The molecule has 2 aromatic rings. The Kier molecular flexibility index (Phi) is 8.18. The summed E-state index contributed by atoms with van der Waals surface area (Å²) in [5.41, 5.74) is 2.66. The Bertz CT molecular complexity index is 899. The first-order valence-corrected chi connectivity index (χ1v) is 11.8.